The molecule has 0 atom stereocenters. The Morgan fingerprint density at radius 1 is 0.941 bits per heavy atom. The Bertz CT molecular complexity index is 1450. The van der Waals surface area contributed by atoms with Crippen molar-refractivity contribution in [3.8, 4) is 23.0 Å². The van der Waals surface area contributed by atoms with Crippen LogP contribution in [-0.4, -0.2) is 28.9 Å². The van der Waals surface area contributed by atoms with E-state index in [0.717, 1.165) is 11.3 Å². The van der Waals surface area contributed by atoms with Crippen molar-refractivity contribution in [2.24, 2.45) is 0 Å². The van der Waals surface area contributed by atoms with E-state index in [0.29, 0.717) is 46.4 Å². The highest BCUT2D eigenvalue weighted by molar-refractivity contribution is 6.30. The molecule has 1 saturated heterocycles. The molecule has 0 unspecified atom stereocenters. The van der Waals surface area contributed by atoms with E-state index in [-0.39, 0.29) is 5.91 Å². The molecule has 0 N–H and O–H groups in total. The lowest BCUT2D eigenvalue weighted by Crippen LogP contribution is -2.39. The summed E-state index contributed by atoms with van der Waals surface area (Å²) in [6.07, 6.45) is 1.80. The van der Waals surface area contributed by atoms with Crippen molar-refractivity contribution >= 4 is 28.9 Å². The topological polar surface area (TPSA) is 80.4 Å². The Morgan fingerprint density at radius 2 is 1.65 bits per heavy atom. The van der Waals surface area contributed by atoms with Crippen molar-refractivity contribution < 1.29 is 14.3 Å². The molecular formula is C26H17ClN4O3. The lowest BCUT2D eigenvalue weighted by atomic mass is 10.1. The number of aromatic nitrogens is 2. The molecule has 3 aromatic carbocycles. The van der Waals surface area contributed by atoms with Crippen LogP contribution in [0.25, 0.3) is 16.9 Å². The van der Waals surface area contributed by atoms with Crippen molar-refractivity contribution in [3.63, 3.8) is 0 Å². The standard InChI is InChI=1S/C26H17ClN4O3/c27-19-9-7-18(8-10-19)24-23(16-30(29-24)20-11-5-17(15-28)6-12-20)31-22-4-2-1-3-21(22)26(25(31)32)33-13-14-34-26/h1-12,16H,13-14H2. The Kier molecular flexibility index (Phi) is 4.74. The van der Waals surface area contributed by atoms with Gasteiger partial charge in [-0.05, 0) is 42.5 Å². The van der Waals surface area contributed by atoms with Gasteiger partial charge in [-0.2, -0.15) is 10.4 Å². The van der Waals surface area contributed by atoms with Gasteiger partial charge in [0.25, 0.3) is 11.7 Å². The molecule has 1 aromatic heterocycles. The molecule has 7 nitrogen and oxygen atoms in total. The van der Waals surface area contributed by atoms with Crippen LogP contribution in [0.2, 0.25) is 5.02 Å². The molecule has 0 radical (unpaired) electrons. The molecule has 2 aliphatic heterocycles. The van der Waals surface area contributed by atoms with Crippen molar-refractivity contribution in [1.29, 1.82) is 5.26 Å². The number of halogens is 1. The van der Waals surface area contributed by atoms with Gasteiger partial charge in [-0.3, -0.25) is 9.69 Å². The van der Waals surface area contributed by atoms with Gasteiger partial charge >= 0.3 is 0 Å². The van der Waals surface area contributed by atoms with E-state index in [2.05, 4.69) is 6.07 Å². The molecule has 8 heteroatoms. The van der Waals surface area contributed by atoms with Crippen LogP contribution in [-0.2, 0) is 20.1 Å². The quantitative estimate of drug-likeness (QED) is 0.425. The summed E-state index contributed by atoms with van der Waals surface area (Å²) in [7, 11) is 0. The lowest BCUT2D eigenvalue weighted by Gasteiger charge is -2.22. The zero-order valence-corrected chi connectivity index (χ0v) is 18.6. The smallest absolute Gasteiger partial charge is 0.297 e. The lowest BCUT2D eigenvalue weighted by molar-refractivity contribution is -0.180. The zero-order valence-electron chi connectivity index (χ0n) is 17.8. The third-order valence-electron chi connectivity index (χ3n) is 5.99. The zero-order chi connectivity index (χ0) is 23.3. The number of carbonyl (C=O) groups excluding carboxylic acids is 1. The number of rotatable bonds is 3. The van der Waals surface area contributed by atoms with E-state index in [1.807, 2.05) is 48.5 Å². The molecule has 1 spiro atoms. The number of ether oxygens (including phenoxy) is 2. The van der Waals surface area contributed by atoms with Crippen molar-refractivity contribution in [2.75, 3.05) is 18.1 Å². The number of nitriles is 1. The molecule has 1 amide bonds. The predicted octanol–water partition coefficient (Wildman–Crippen LogP) is 4.94. The Hall–Kier alpha value is -3.96. The first-order valence-corrected chi connectivity index (χ1v) is 11.1. The van der Waals surface area contributed by atoms with Crippen molar-refractivity contribution in [1.82, 2.24) is 9.78 Å². The highest BCUT2D eigenvalue weighted by Crippen LogP contribution is 2.50. The van der Waals surface area contributed by atoms with Crippen LogP contribution in [0.1, 0.15) is 11.1 Å². The van der Waals surface area contributed by atoms with Crippen LogP contribution in [0.15, 0.2) is 79.0 Å². The molecule has 1 fully saturated rings. The summed E-state index contributed by atoms with van der Waals surface area (Å²) in [5.41, 5.74) is 4.64. The normalized spacial score (nSPS) is 16.1. The number of hydrogen-bond acceptors (Lipinski definition) is 5. The first kappa shape index (κ1) is 20.6. The van der Waals surface area contributed by atoms with E-state index in [1.165, 1.54) is 0 Å². The Labute approximate surface area is 200 Å². The number of nitrogens with zero attached hydrogens (tertiary/aromatic N) is 4. The maximum atomic E-state index is 13.8. The molecule has 2 aliphatic rings. The summed E-state index contributed by atoms with van der Waals surface area (Å²) in [5.74, 6) is -1.77. The summed E-state index contributed by atoms with van der Waals surface area (Å²) in [5, 5.41) is 14.6. The van der Waals surface area contributed by atoms with Crippen LogP contribution in [0.4, 0.5) is 11.4 Å². The van der Waals surface area contributed by atoms with Crippen LogP contribution in [0.3, 0.4) is 0 Å². The minimum Gasteiger partial charge on any atom is -0.336 e. The monoisotopic (exact) mass is 468 g/mol. The Morgan fingerprint density at radius 3 is 2.35 bits per heavy atom. The van der Waals surface area contributed by atoms with Gasteiger partial charge in [0.05, 0.1) is 48.1 Å². The van der Waals surface area contributed by atoms with E-state index in [1.54, 1.807) is 40.0 Å². The van der Waals surface area contributed by atoms with Crippen molar-refractivity contribution in [3.05, 3.63) is 95.1 Å². The van der Waals surface area contributed by atoms with Crippen LogP contribution >= 0.6 is 11.6 Å². The van der Waals surface area contributed by atoms with E-state index >= 15 is 0 Å². The SMILES string of the molecule is N#Cc1ccc(-n2cc(N3C(=O)C4(OCCO4)c4ccccc43)c(-c3ccc(Cl)cc3)n2)cc1. The maximum absolute atomic E-state index is 13.8. The molecule has 6 rings (SSSR count). The van der Waals surface area contributed by atoms with E-state index in [9.17, 15) is 4.79 Å². The first-order valence-electron chi connectivity index (χ1n) is 10.7. The number of para-hydroxylation sites is 1. The van der Waals surface area contributed by atoms with Crippen LogP contribution in [0, 0.1) is 11.3 Å². The second-order valence-corrected chi connectivity index (χ2v) is 8.38. The predicted molar refractivity (Wildman–Crippen MR) is 126 cm³/mol. The number of anilines is 2. The molecule has 4 aromatic rings. The van der Waals surface area contributed by atoms with Crippen LogP contribution < -0.4 is 4.90 Å². The third kappa shape index (κ3) is 3.05. The molecule has 0 bridgehead atoms. The fourth-order valence-electron chi connectivity index (χ4n) is 4.41. The molecule has 0 saturated carbocycles. The molecule has 34 heavy (non-hydrogen) atoms. The summed E-state index contributed by atoms with van der Waals surface area (Å²) >= 11 is 6.12. The van der Waals surface area contributed by atoms with Gasteiger partial charge in [0.1, 0.15) is 5.69 Å². The van der Waals surface area contributed by atoms with Gasteiger partial charge in [-0.15, -0.1) is 0 Å². The van der Waals surface area contributed by atoms with E-state index in [4.69, 9.17) is 31.4 Å². The molecule has 3 heterocycles. The largest absolute Gasteiger partial charge is 0.336 e. The Balaban J connectivity index is 1.55. The summed E-state index contributed by atoms with van der Waals surface area (Å²) in [6, 6.07) is 24.0. The second-order valence-electron chi connectivity index (χ2n) is 7.94. The minimum absolute atomic E-state index is 0.319. The summed E-state index contributed by atoms with van der Waals surface area (Å²) < 4.78 is 13.5. The van der Waals surface area contributed by atoms with Gasteiger partial charge in [-0.25, -0.2) is 4.68 Å². The molecular weight excluding hydrogens is 452 g/mol. The highest BCUT2D eigenvalue weighted by Gasteiger charge is 2.57. The summed E-state index contributed by atoms with van der Waals surface area (Å²) in [4.78, 5) is 15.4. The van der Waals surface area contributed by atoms with Crippen LogP contribution in [0.5, 0.6) is 0 Å². The number of amides is 1. The number of hydrogen-bond donors (Lipinski definition) is 0. The summed E-state index contributed by atoms with van der Waals surface area (Å²) in [6.45, 7) is 0.672. The van der Waals surface area contributed by atoms with Gasteiger partial charge in [0.15, 0.2) is 0 Å². The third-order valence-corrected chi connectivity index (χ3v) is 6.24. The second kappa shape index (κ2) is 7.82. The highest BCUT2D eigenvalue weighted by atomic mass is 35.5. The van der Waals surface area contributed by atoms with Gasteiger partial charge in [0, 0.05) is 16.1 Å². The van der Waals surface area contributed by atoms with Gasteiger partial charge in [-0.1, -0.05) is 41.9 Å². The first-order chi connectivity index (χ1) is 16.6. The fraction of sp³-hybridized carbons (Fsp3) is 0.115. The number of fused-ring (bicyclic) bond motifs is 2. The van der Waals surface area contributed by atoms with E-state index < -0.39 is 5.79 Å². The maximum Gasteiger partial charge on any atom is 0.297 e. The van der Waals surface area contributed by atoms with Gasteiger partial charge < -0.3 is 9.47 Å². The number of benzene rings is 3. The number of carbonyl (C=O) groups is 1. The van der Waals surface area contributed by atoms with Gasteiger partial charge in [0.2, 0.25) is 0 Å². The average Bonchev–Trinajstić information content (AvgIpc) is 3.59. The molecule has 0 aliphatic carbocycles. The van der Waals surface area contributed by atoms with Crippen molar-refractivity contribution in [2.45, 2.75) is 5.79 Å². The fourth-order valence-corrected chi connectivity index (χ4v) is 4.54. The minimum atomic E-state index is -1.45. The average molecular weight is 469 g/mol. The molecule has 166 valence electrons.